The number of nitrogens with one attached hydrogen (secondary N) is 1. The van der Waals surface area contributed by atoms with E-state index >= 15 is 0 Å². The summed E-state index contributed by atoms with van der Waals surface area (Å²) in [4.78, 5) is 15.2. The maximum atomic E-state index is 13.0. The topological polar surface area (TPSA) is 106 Å². The Morgan fingerprint density at radius 2 is 1.97 bits per heavy atom. The molecule has 2 aromatic carbocycles. The van der Waals surface area contributed by atoms with Crippen LogP contribution in [0.4, 0.5) is 0 Å². The smallest absolute Gasteiger partial charge is 0.251 e. The first kappa shape index (κ1) is 24.1. The van der Waals surface area contributed by atoms with Crippen molar-refractivity contribution in [2.45, 2.75) is 52.0 Å². The summed E-state index contributed by atoms with van der Waals surface area (Å²) in [6.45, 7) is 6.42. The van der Waals surface area contributed by atoms with Crippen molar-refractivity contribution in [2.24, 2.45) is 0 Å². The Kier molecular flexibility index (Phi) is 7.11. The van der Waals surface area contributed by atoms with Gasteiger partial charge in [-0.2, -0.15) is 0 Å². The van der Waals surface area contributed by atoms with Crippen LogP contribution >= 0.6 is 0 Å². The number of aryl methyl sites for hydroxylation is 2. The van der Waals surface area contributed by atoms with Gasteiger partial charge in [0.2, 0.25) is 6.79 Å². The summed E-state index contributed by atoms with van der Waals surface area (Å²) in [7, 11) is 0. The van der Waals surface area contributed by atoms with Crippen LogP contribution in [0.25, 0.3) is 0 Å². The van der Waals surface area contributed by atoms with E-state index in [0.717, 1.165) is 47.0 Å². The van der Waals surface area contributed by atoms with E-state index in [1.54, 1.807) is 24.3 Å². The van der Waals surface area contributed by atoms with E-state index in [2.05, 4.69) is 15.4 Å². The molecule has 2 unspecified atom stereocenters. The highest BCUT2D eigenvalue weighted by atomic mass is 16.7. The molecule has 190 valence electrons. The number of benzene rings is 2. The molecule has 36 heavy (non-hydrogen) atoms. The van der Waals surface area contributed by atoms with E-state index in [9.17, 15) is 9.90 Å². The molecule has 9 heteroatoms. The molecule has 5 rings (SSSR count). The average Bonchev–Trinajstić information content (AvgIpc) is 3.42. The van der Waals surface area contributed by atoms with Crippen molar-refractivity contribution in [3.05, 3.63) is 70.6 Å². The molecule has 9 nitrogen and oxygen atoms in total. The fourth-order valence-corrected chi connectivity index (χ4v) is 4.62. The predicted molar refractivity (Wildman–Crippen MR) is 131 cm³/mol. The summed E-state index contributed by atoms with van der Waals surface area (Å²) in [6, 6.07) is 12.6. The number of carbonyl (C=O) groups excluding carboxylic acids is 1. The van der Waals surface area contributed by atoms with Crippen molar-refractivity contribution in [3.8, 4) is 17.2 Å². The van der Waals surface area contributed by atoms with Gasteiger partial charge in [0.15, 0.2) is 11.5 Å². The number of nitrogens with zero attached hydrogens (tertiary/aromatic N) is 2. The lowest BCUT2D eigenvalue weighted by molar-refractivity contribution is 0.0798. The van der Waals surface area contributed by atoms with Gasteiger partial charge in [0, 0.05) is 18.7 Å². The second-order valence-corrected chi connectivity index (χ2v) is 9.33. The molecule has 2 atom stereocenters. The number of ether oxygens (including phenoxy) is 3. The zero-order chi connectivity index (χ0) is 25.1. The molecule has 1 fully saturated rings. The van der Waals surface area contributed by atoms with Crippen LogP contribution in [0.5, 0.6) is 17.2 Å². The molecule has 0 bridgehead atoms. The Hall–Kier alpha value is -3.56. The summed E-state index contributed by atoms with van der Waals surface area (Å²) in [6.07, 6.45) is 0.889. The lowest BCUT2D eigenvalue weighted by Crippen LogP contribution is -2.48. The zero-order valence-electron chi connectivity index (χ0n) is 20.5. The number of hydrogen-bond acceptors (Lipinski definition) is 8. The Bertz CT molecular complexity index is 1190. The van der Waals surface area contributed by atoms with E-state index in [1.165, 1.54) is 0 Å². The molecule has 0 radical (unpaired) electrons. The molecule has 2 N–H and O–H groups in total. The van der Waals surface area contributed by atoms with Gasteiger partial charge in [-0.1, -0.05) is 11.2 Å². The van der Waals surface area contributed by atoms with Crippen molar-refractivity contribution >= 4 is 5.91 Å². The summed E-state index contributed by atoms with van der Waals surface area (Å²) in [5.41, 5.74) is 3.34. The lowest BCUT2D eigenvalue weighted by atomic mass is 10.1. The molecule has 2 aliphatic heterocycles. The van der Waals surface area contributed by atoms with E-state index in [-0.39, 0.29) is 18.7 Å². The van der Waals surface area contributed by atoms with Crippen LogP contribution in [0.15, 0.2) is 47.0 Å². The largest absolute Gasteiger partial charge is 0.489 e. The fourth-order valence-electron chi connectivity index (χ4n) is 4.62. The molecule has 0 saturated carbocycles. The van der Waals surface area contributed by atoms with Crippen LogP contribution in [-0.2, 0) is 13.2 Å². The van der Waals surface area contributed by atoms with Gasteiger partial charge in [-0.3, -0.25) is 9.69 Å². The van der Waals surface area contributed by atoms with Crippen LogP contribution in [0, 0.1) is 13.8 Å². The summed E-state index contributed by atoms with van der Waals surface area (Å²) in [5, 5.41) is 17.7. The molecule has 1 aromatic heterocycles. The van der Waals surface area contributed by atoms with Gasteiger partial charge in [0.05, 0.1) is 23.4 Å². The molecule has 1 saturated heterocycles. The minimum atomic E-state index is -0.603. The minimum Gasteiger partial charge on any atom is -0.489 e. The summed E-state index contributed by atoms with van der Waals surface area (Å²) >= 11 is 0. The Morgan fingerprint density at radius 3 is 2.75 bits per heavy atom. The number of aliphatic hydroxyl groups excluding tert-OH is 1. The van der Waals surface area contributed by atoms with Crippen LogP contribution in [0.2, 0.25) is 0 Å². The van der Waals surface area contributed by atoms with Gasteiger partial charge < -0.3 is 29.2 Å². The number of carbonyl (C=O) groups is 1. The number of rotatable bonds is 7. The predicted octanol–water partition coefficient (Wildman–Crippen LogP) is 3.35. The van der Waals surface area contributed by atoms with Crippen molar-refractivity contribution in [1.82, 2.24) is 15.4 Å². The van der Waals surface area contributed by atoms with E-state index in [1.807, 2.05) is 32.0 Å². The van der Waals surface area contributed by atoms with Crippen LogP contribution in [-0.4, -0.2) is 53.1 Å². The Morgan fingerprint density at radius 1 is 1.17 bits per heavy atom. The summed E-state index contributed by atoms with van der Waals surface area (Å²) in [5.74, 6) is 2.68. The fraction of sp³-hybridized carbons (Fsp3) is 0.407. The van der Waals surface area contributed by atoms with Gasteiger partial charge in [-0.25, -0.2) is 0 Å². The number of hydrogen-bond donors (Lipinski definition) is 2. The van der Waals surface area contributed by atoms with Crippen molar-refractivity contribution in [1.29, 1.82) is 0 Å². The SMILES string of the molecule is Cc1noc(C)c1COc1ccc(C(=O)NC2CN(Cc3ccc4c(c3)OCO4)CCCC2O)cc1. The third-order valence-electron chi connectivity index (χ3n) is 6.73. The highest BCUT2D eigenvalue weighted by molar-refractivity contribution is 5.94. The molecular formula is C27H31N3O6. The first-order valence-electron chi connectivity index (χ1n) is 12.2. The molecule has 3 aromatic rings. The standard InChI is InChI=1S/C27H31N3O6/c1-17-22(18(2)36-29-17)15-33-21-8-6-20(7-9-21)27(32)28-23-14-30(11-3-4-24(23)31)13-19-5-10-25-26(12-19)35-16-34-25/h5-10,12,23-24,31H,3-4,11,13-16H2,1-2H3,(H,28,32). The highest BCUT2D eigenvalue weighted by Gasteiger charge is 2.28. The second-order valence-electron chi connectivity index (χ2n) is 9.33. The lowest BCUT2D eigenvalue weighted by Gasteiger charge is -2.27. The maximum Gasteiger partial charge on any atom is 0.251 e. The van der Waals surface area contributed by atoms with Crippen molar-refractivity contribution < 1.29 is 28.6 Å². The van der Waals surface area contributed by atoms with Crippen LogP contribution < -0.4 is 19.5 Å². The third kappa shape index (κ3) is 5.47. The van der Waals surface area contributed by atoms with E-state index < -0.39 is 6.10 Å². The Balaban J connectivity index is 1.18. The van der Waals surface area contributed by atoms with E-state index in [4.69, 9.17) is 18.7 Å². The quantitative estimate of drug-likeness (QED) is 0.516. The van der Waals surface area contributed by atoms with Gasteiger partial charge in [-0.05, 0) is 75.2 Å². The first-order valence-corrected chi connectivity index (χ1v) is 12.2. The monoisotopic (exact) mass is 493 g/mol. The molecule has 2 aliphatic rings. The van der Waals surface area contributed by atoms with E-state index in [0.29, 0.717) is 37.4 Å². The van der Waals surface area contributed by atoms with Gasteiger partial charge in [-0.15, -0.1) is 0 Å². The Labute approximate surface area is 209 Å². The zero-order valence-corrected chi connectivity index (χ0v) is 20.5. The average molecular weight is 494 g/mol. The van der Waals surface area contributed by atoms with Gasteiger partial charge in [0.1, 0.15) is 18.1 Å². The minimum absolute atomic E-state index is 0.221. The molecule has 1 amide bonds. The van der Waals surface area contributed by atoms with Crippen LogP contribution in [0.1, 0.15) is 45.8 Å². The molecule has 3 heterocycles. The molecule has 0 spiro atoms. The molecule has 0 aliphatic carbocycles. The highest BCUT2D eigenvalue weighted by Crippen LogP contribution is 2.33. The van der Waals surface area contributed by atoms with Gasteiger partial charge >= 0.3 is 0 Å². The number of amides is 1. The second kappa shape index (κ2) is 10.6. The van der Waals surface area contributed by atoms with Crippen LogP contribution in [0.3, 0.4) is 0 Å². The molecular weight excluding hydrogens is 462 g/mol. The maximum absolute atomic E-state index is 13.0. The normalized spacial score (nSPS) is 19.6. The first-order chi connectivity index (χ1) is 17.5. The number of aromatic nitrogens is 1. The van der Waals surface area contributed by atoms with Crippen molar-refractivity contribution in [2.75, 3.05) is 19.9 Å². The number of likely N-dealkylation sites (tertiary alicyclic amines) is 1. The third-order valence-corrected chi connectivity index (χ3v) is 6.73. The van der Waals surface area contributed by atoms with Gasteiger partial charge in [0.25, 0.3) is 5.91 Å². The van der Waals surface area contributed by atoms with Crippen molar-refractivity contribution in [3.63, 3.8) is 0 Å². The number of fused-ring (bicyclic) bond motifs is 1. The summed E-state index contributed by atoms with van der Waals surface area (Å²) < 4.78 is 21.9. The number of aliphatic hydroxyl groups is 1.